The lowest BCUT2D eigenvalue weighted by Crippen LogP contribution is -2.65. The monoisotopic (exact) mass is 316 g/mol. The lowest BCUT2D eigenvalue weighted by molar-refractivity contribution is 0.334. The van der Waals surface area contributed by atoms with E-state index in [1.54, 1.807) is 19.2 Å². The van der Waals surface area contributed by atoms with Crippen molar-refractivity contribution in [3.8, 4) is 0 Å². The largest absolute Gasteiger partial charge is 0.411 e. The van der Waals surface area contributed by atoms with Crippen LogP contribution in [0.5, 0.6) is 0 Å². The molecule has 0 aliphatic heterocycles. The smallest absolute Gasteiger partial charge is 0.395 e. The summed E-state index contributed by atoms with van der Waals surface area (Å²) in [5.41, 5.74) is 0.976. The standard InChI is InChI=1S/C16H20O3Si2/c1-4-14-10-12-16(13-11-14)21(18,19-20(2,3)17)15-8-6-5-7-9-15/h4-13,17-18H,1H2,2-3H3. The van der Waals surface area contributed by atoms with Crippen molar-refractivity contribution in [1.82, 2.24) is 0 Å². The fourth-order valence-corrected chi connectivity index (χ4v) is 7.59. The number of hydrogen-bond acceptors (Lipinski definition) is 3. The van der Waals surface area contributed by atoms with Crippen molar-refractivity contribution < 1.29 is 13.7 Å². The molecule has 0 spiro atoms. The normalized spacial score (nSPS) is 14.5. The van der Waals surface area contributed by atoms with Crippen molar-refractivity contribution >= 4 is 33.6 Å². The van der Waals surface area contributed by atoms with Gasteiger partial charge in [0.15, 0.2) is 0 Å². The summed E-state index contributed by atoms with van der Waals surface area (Å²) in [4.78, 5) is 21.4. The molecule has 0 aromatic heterocycles. The molecule has 0 heterocycles. The summed E-state index contributed by atoms with van der Waals surface area (Å²) in [6.45, 7) is 7.04. The third-order valence-electron chi connectivity index (χ3n) is 3.10. The average Bonchev–Trinajstić information content (AvgIpc) is 2.46. The average molecular weight is 317 g/mol. The molecule has 0 saturated heterocycles. The van der Waals surface area contributed by atoms with Gasteiger partial charge in [0.25, 0.3) is 0 Å². The first-order valence-corrected chi connectivity index (χ1v) is 11.5. The molecule has 0 saturated carbocycles. The van der Waals surface area contributed by atoms with Gasteiger partial charge in [-0.3, -0.25) is 0 Å². The minimum Gasteiger partial charge on any atom is -0.411 e. The van der Waals surface area contributed by atoms with Gasteiger partial charge >= 0.3 is 17.1 Å². The van der Waals surface area contributed by atoms with Crippen LogP contribution in [0.15, 0.2) is 61.2 Å². The zero-order chi connectivity index (χ0) is 15.5. The van der Waals surface area contributed by atoms with E-state index in [0.29, 0.717) is 5.19 Å². The van der Waals surface area contributed by atoms with E-state index in [-0.39, 0.29) is 0 Å². The van der Waals surface area contributed by atoms with Crippen molar-refractivity contribution in [3.63, 3.8) is 0 Å². The lowest BCUT2D eigenvalue weighted by atomic mass is 10.2. The fourth-order valence-electron chi connectivity index (χ4n) is 2.16. The second kappa shape index (κ2) is 6.09. The van der Waals surface area contributed by atoms with Crippen molar-refractivity contribution in [3.05, 3.63) is 66.7 Å². The molecule has 2 rings (SSSR count). The first-order chi connectivity index (χ1) is 9.85. The van der Waals surface area contributed by atoms with E-state index in [9.17, 15) is 9.59 Å². The summed E-state index contributed by atoms with van der Waals surface area (Å²) >= 11 is 0. The second-order valence-electron chi connectivity index (χ2n) is 5.38. The molecule has 0 fully saturated rings. The van der Waals surface area contributed by atoms with Crippen molar-refractivity contribution in [2.24, 2.45) is 0 Å². The Morgan fingerprint density at radius 3 is 1.90 bits per heavy atom. The fraction of sp³-hybridized carbons (Fsp3) is 0.125. The predicted molar refractivity (Wildman–Crippen MR) is 91.0 cm³/mol. The molecular weight excluding hydrogens is 296 g/mol. The Hall–Kier alpha value is -1.51. The molecule has 3 nitrogen and oxygen atoms in total. The summed E-state index contributed by atoms with van der Waals surface area (Å²) < 4.78 is 5.83. The molecule has 110 valence electrons. The topological polar surface area (TPSA) is 49.7 Å². The third-order valence-corrected chi connectivity index (χ3v) is 8.51. The van der Waals surface area contributed by atoms with Crippen LogP contribution in [0.2, 0.25) is 13.1 Å². The molecule has 2 N–H and O–H groups in total. The van der Waals surface area contributed by atoms with Gasteiger partial charge in [-0.25, -0.2) is 0 Å². The van der Waals surface area contributed by atoms with Crippen molar-refractivity contribution in [2.75, 3.05) is 0 Å². The Kier molecular flexibility index (Phi) is 4.60. The van der Waals surface area contributed by atoms with Crippen molar-refractivity contribution in [2.45, 2.75) is 13.1 Å². The van der Waals surface area contributed by atoms with E-state index in [1.165, 1.54) is 0 Å². The van der Waals surface area contributed by atoms with Crippen LogP contribution in [0, 0.1) is 0 Å². The van der Waals surface area contributed by atoms with Gasteiger partial charge in [-0.2, -0.15) is 0 Å². The zero-order valence-corrected chi connectivity index (χ0v) is 14.3. The van der Waals surface area contributed by atoms with E-state index in [2.05, 4.69) is 6.58 Å². The van der Waals surface area contributed by atoms with Crippen LogP contribution in [0.25, 0.3) is 6.08 Å². The van der Waals surface area contributed by atoms with Gasteiger partial charge in [0.2, 0.25) is 0 Å². The van der Waals surface area contributed by atoms with E-state index in [4.69, 9.17) is 4.12 Å². The summed E-state index contributed by atoms with van der Waals surface area (Å²) in [7, 11) is -6.28. The molecule has 5 heteroatoms. The predicted octanol–water partition coefficient (Wildman–Crippen LogP) is 1.59. The molecule has 0 aliphatic rings. The Bertz CT molecular complexity index is 606. The molecule has 1 unspecified atom stereocenters. The molecule has 0 bridgehead atoms. The molecular formula is C16H20O3Si2. The molecule has 2 aromatic carbocycles. The molecule has 0 amide bonds. The third kappa shape index (κ3) is 3.78. The summed E-state index contributed by atoms with van der Waals surface area (Å²) in [6, 6.07) is 16.8. The van der Waals surface area contributed by atoms with E-state index < -0.39 is 17.1 Å². The minimum atomic E-state index is -3.40. The Morgan fingerprint density at radius 2 is 1.43 bits per heavy atom. The van der Waals surface area contributed by atoms with Gasteiger partial charge in [0.1, 0.15) is 0 Å². The second-order valence-corrected chi connectivity index (χ2v) is 11.5. The highest BCUT2D eigenvalue weighted by atomic mass is 28.5. The van der Waals surface area contributed by atoms with Gasteiger partial charge in [-0.15, -0.1) is 0 Å². The van der Waals surface area contributed by atoms with Crippen molar-refractivity contribution in [1.29, 1.82) is 0 Å². The van der Waals surface area contributed by atoms with Crippen LogP contribution in [-0.4, -0.2) is 26.7 Å². The van der Waals surface area contributed by atoms with Gasteiger partial charge in [0.05, 0.1) is 0 Å². The van der Waals surface area contributed by atoms with E-state index in [0.717, 1.165) is 10.8 Å². The highest BCUT2D eigenvalue weighted by Crippen LogP contribution is 2.12. The van der Waals surface area contributed by atoms with Crippen LogP contribution in [-0.2, 0) is 4.12 Å². The maximum absolute atomic E-state index is 11.2. The molecule has 2 aromatic rings. The van der Waals surface area contributed by atoms with Crippen LogP contribution >= 0.6 is 0 Å². The molecule has 1 atom stereocenters. The number of rotatable bonds is 5. The SMILES string of the molecule is C=Cc1ccc([Si](O)(O[Si](C)(C)O)c2ccccc2)cc1. The van der Waals surface area contributed by atoms with Gasteiger partial charge in [-0.05, 0) is 29.0 Å². The summed E-state index contributed by atoms with van der Waals surface area (Å²) in [5.74, 6) is 0. The Balaban J connectivity index is 2.51. The maximum atomic E-state index is 11.2. The lowest BCUT2D eigenvalue weighted by Gasteiger charge is -2.31. The van der Waals surface area contributed by atoms with Crippen LogP contribution in [0.1, 0.15) is 5.56 Å². The summed E-state index contributed by atoms with van der Waals surface area (Å²) in [5, 5.41) is 1.44. The quantitative estimate of drug-likeness (QED) is 0.824. The van der Waals surface area contributed by atoms with Gasteiger partial charge < -0.3 is 13.7 Å². The molecule has 0 aliphatic carbocycles. The van der Waals surface area contributed by atoms with E-state index >= 15 is 0 Å². The van der Waals surface area contributed by atoms with E-state index in [1.807, 2.05) is 54.6 Å². The maximum Gasteiger partial charge on any atom is 0.395 e. The number of benzene rings is 2. The van der Waals surface area contributed by atoms with Gasteiger partial charge in [0, 0.05) is 0 Å². The number of hydrogen-bond donors (Lipinski definition) is 2. The van der Waals surface area contributed by atoms with Gasteiger partial charge in [-0.1, -0.05) is 67.3 Å². The van der Waals surface area contributed by atoms with Crippen LogP contribution < -0.4 is 10.4 Å². The summed E-state index contributed by atoms with van der Waals surface area (Å²) in [6.07, 6.45) is 1.75. The Morgan fingerprint density at radius 1 is 0.905 bits per heavy atom. The molecule has 0 radical (unpaired) electrons. The molecule has 21 heavy (non-hydrogen) atoms. The zero-order valence-electron chi connectivity index (χ0n) is 12.3. The Labute approximate surface area is 127 Å². The van der Waals surface area contributed by atoms with Crippen LogP contribution in [0.3, 0.4) is 0 Å². The minimum absolute atomic E-state index is 0.717. The first kappa shape index (κ1) is 15.9. The highest BCUT2D eigenvalue weighted by molar-refractivity contribution is 6.96. The highest BCUT2D eigenvalue weighted by Gasteiger charge is 2.43. The van der Waals surface area contributed by atoms with Crippen LogP contribution in [0.4, 0.5) is 0 Å². The first-order valence-electron chi connectivity index (χ1n) is 6.78.